The Morgan fingerprint density at radius 1 is 1.18 bits per heavy atom. The molecule has 0 atom stereocenters. The summed E-state index contributed by atoms with van der Waals surface area (Å²) < 4.78 is 11.3. The Morgan fingerprint density at radius 2 is 1.94 bits per heavy atom. The average molecular weight is 497 g/mol. The molecule has 0 aliphatic rings. The quantitative estimate of drug-likeness (QED) is 0.201. The normalized spacial score (nSPS) is 10.6. The highest BCUT2D eigenvalue weighted by Crippen LogP contribution is 2.28. The van der Waals surface area contributed by atoms with E-state index in [-0.39, 0.29) is 21.4 Å². The van der Waals surface area contributed by atoms with Crippen molar-refractivity contribution in [3.63, 3.8) is 0 Å². The van der Waals surface area contributed by atoms with Gasteiger partial charge in [0.05, 0.1) is 22.1 Å². The van der Waals surface area contributed by atoms with E-state index >= 15 is 0 Å². The van der Waals surface area contributed by atoms with Gasteiger partial charge in [-0.05, 0) is 67.7 Å². The fraction of sp³-hybridized carbons (Fsp3) is 0.0870. The molecule has 11 heteroatoms. The lowest BCUT2D eigenvalue weighted by Gasteiger charge is -2.10. The summed E-state index contributed by atoms with van der Waals surface area (Å²) in [6.45, 7) is 2.50. The summed E-state index contributed by atoms with van der Waals surface area (Å²) in [4.78, 5) is 27.2. The van der Waals surface area contributed by atoms with Crippen LogP contribution in [-0.4, -0.2) is 27.5 Å². The van der Waals surface area contributed by atoms with Crippen LogP contribution >= 0.6 is 23.8 Å². The van der Waals surface area contributed by atoms with Gasteiger partial charge in [-0.25, -0.2) is 4.98 Å². The molecule has 0 unspecified atom stereocenters. The molecule has 4 aromatic rings. The van der Waals surface area contributed by atoms with Gasteiger partial charge in [-0.2, -0.15) is 0 Å². The molecule has 0 fully saturated rings. The van der Waals surface area contributed by atoms with Crippen molar-refractivity contribution in [2.24, 2.45) is 0 Å². The first-order chi connectivity index (χ1) is 16.3. The summed E-state index contributed by atoms with van der Waals surface area (Å²) in [6.07, 6.45) is 0. The van der Waals surface area contributed by atoms with Crippen LogP contribution in [0, 0.1) is 10.1 Å². The SMILES string of the molecule is CCOc1ccc(-c2nc3cc(NC(=S)NC(=O)c4ccc([N+](=O)[O-])cc4Cl)ccc3o2)cc1. The number of nitro groups is 1. The molecule has 0 aliphatic carbocycles. The fourth-order valence-electron chi connectivity index (χ4n) is 3.12. The molecule has 172 valence electrons. The Kier molecular flexibility index (Phi) is 6.71. The minimum absolute atomic E-state index is 0.0222. The van der Waals surface area contributed by atoms with E-state index in [0.29, 0.717) is 29.3 Å². The Labute approximate surface area is 203 Å². The predicted octanol–water partition coefficient (Wildman–Crippen LogP) is 5.58. The molecular formula is C23H17ClN4O5S. The summed E-state index contributed by atoms with van der Waals surface area (Å²) in [6, 6.07) is 16.2. The zero-order chi connectivity index (χ0) is 24.2. The second-order valence-electron chi connectivity index (χ2n) is 6.99. The second kappa shape index (κ2) is 9.86. The summed E-state index contributed by atoms with van der Waals surface area (Å²) >= 11 is 11.2. The molecule has 9 nitrogen and oxygen atoms in total. The number of amides is 1. The molecule has 0 bridgehead atoms. The number of nitrogens with one attached hydrogen (secondary N) is 2. The number of carbonyl (C=O) groups is 1. The number of aromatic nitrogens is 1. The lowest BCUT2D eigenvalue weighted by atomic mass is 10.2. The van der Waals surface area contributed by atoms with E-state index < -0.39 is 10.8 Å². The Balaban J connectivity index is 1.45. The van der Waals surface area contributed by atoms with E-state index in [9.17, 15) is 14.9 Å². The van der Waals surface area contributed by atoms with Gasteiger partial charge in [0.2, 0.25) is 5.89 Å². The molecule has 3 aromatic carbocycles. The third-order valence-electron chi connectivity index (χ3n) is 4.69. The maximum absolute atomic E-state index is 12.5. The topological polar surface area (TPSA) is 120 Å². The Bertz CT molecular complexity index is 1400. The molecule has 0 saturated carbocycles. The summed E-state index contributed by atoms with van der Waals surface area (Å²) in [5.74, 6) is 0.621. The van der Waals surface area contributed by atoms with Gasteiger partial charge in [-0.1, -0.05) is 11.6 Å². The summed E-state index contributed by atoms with van der Waals surface area (Å²) in [5.41, 5.74) is 2.41. The van der Waals surface area contributed by atoms with Gasteiger partial charge in [-0.3, -0.25) is 20.2 Å². The van der Waals surface area contributed by atoms with Gasteiger partial charge in [0, 0.05) is 23.4 Å². The van der Waals surface area contributed by atoms with Crippen LogP contribution in [0.5, 0.6) is 5.75 Å². The number of fused-ring (bicyclic) bond motifs is 1. The number of benzene rings is 3. The second-order valence-corrected chi connectivity index (χ2v) is 7.80. The van der Waals surface area contributed by atoms with Crippen LogP contribution in [0.25, 0.3) is 22.6 Å². The number of nitro benzene ring substituents is 1. The van der Waals surface area contributed by atoms with Crippen molar-refractivity contribution < 1.29 is 18.9 Å². The molecule has 4 rings (SSSR count). The largest absolute Gasteiger partial charge is 0.494 e. The molecule has 1 aromatic heterocycles. The van der Waals surface area contributed by atoms with E-state index in [1.807, 2.05) is 31.2 Å². The highest BCUT2D eigenvalue weighted by molar-refractivity contribution is 7.80. The number of halogens is 1. The predicted molar refractivity (Wildman–Crippen MR) is 132 cm³/mol. The lowest BCUT2D eigenvalue weighted by molar-refractivity contribution is -0.384. The number of hydrogen-bond acceptors (Lipinski definition) is 7. The van der Waals surface area contributed by atoms with E-state index in [2.05, 4.69) is 15.6 Å². The van der Waals surface area contributed by atoms with Gasteiger partial charge >= 0.3 is 0 Å². The van der Waals surface area contributed by atoms with Crippen LogP contribution in [0.1, 0.15) is 17.3 Å². The highest BCUT2D eigenvalue weighted by atomic mass is 35.5. The van der Waals surface area contributed by atoms with Crippen molar-refractivity contribution >= 4 is 57.3 Å². The molecule has 0 aliphatic heterocycles. The maximum Gasteiger partial charge on any atom is 0.270 e. The first-order valence-electron chi connectivity index (χ1n) is 10.0. The van der Waals surface area contributed by atoms with Crippen LogP contribution in [0.4, 0.5) is 11.4 Å². The molecule has 1 amide bonds. The zero-order valence-electron chi connectivity index (χ0n) is 17.7. The minimum Gasteiger partial charge on any atom is -0.494 e. The van der Waals surface area contributed by atoms with Gasteiger partial charge in [0.25, 0.3) is 11.6 Å². The van der Waals surface area contributed by atoms with Crippen LogP contribution in [-0.2, 0) is 0 Å². The number of oxazole rings is 1. The number of carbonyl (C=O) groups excluding carboxylic acids is 1. The first kappa shape index (κ1) is 23.1. The van der Waals surface area contributed by atoms with Crippen molar-refractivity contribution in [3.8, 4) is 17.2 Å². The van der Waals surface area contributed by atoms with Crippen molar-refractivity contribution in [2.75, 3.05) is 11.9 Å². The van der Waals surface area contributed by atoms with Crippen LogP contribution in [0.15, 0.2) is 65.1 Å². The molecule has 1 heterocycles. The highest BCUT2D eigenvalue weighted by Gasteiger charge is 2.16. The molecular weight excluding hydrogens is 480 g/mol. The van der Waals surface area contributed by atoms with Crippen LogP contribution in [0.3, 0.4) is 0 Å². The molecule has 0 radical (unpaired) electrons. The fourth-order valence-corrected chi connectivity index (χ4v) is 3.59. The van der Waals surface area contributed by atoms with Crippen LogP contribution < -0.4 is 15.4 Å². The van der Waals surface area contributed by atoms with Gasteiger partial charge in [0.1, 0.15) is 11.3 Å². The van der Waals surface area contributed by atoms with Crippen molar-refractivity contribution in [1.29, 1.82) is 0 Å². The third kappa shape index (κ3) is 5.13. The average Bonchev–Trinajstić information content (AvgIpc) is 3.23. The van der Waals surface area contributed by atoms with E-state index in [4.69, 9.17) is 33.0 Å². The van der Waals surface area contributed by atoms with Crippen molar-refractivity contribution in [1.82, 2.24) is 10.3 Å². The minimum atomic E-state index is -0.599. The Hall–Kier alpha value is -4.02. The van der Waals surface area contributed by atoms with Crippen molar-refractivity contribution in [3.05, 3.63) is 81.4 Å². The molecule has 0 saturated heterocycles. The zero-order valence-corrected chi connectivity index (χ0v) is 19.3. The van der Waals surface area contributed by atoms with Gasteiger partial charge in [-0.15, -0.1) is 0 Å². The monoisotopic (exact) mass is 496 g/mol. The maximum atomic E-state index is 12.5. The van der Waals surface area contributed by atoms with Gasteiger partial charge < -0.3 is 14.5 Å². The van der Waals surface area contributed by atoms with E-state index in [0.717, 1.165) is 17.4 Å². The first-order valence-corrected chi connectivity index (χ1v) is 10.8. The van der Waals surface area contributed by atoms with Crippen molar-refractivity contribution in [2.45, 2.75) is 6.92 Å². The molecule has 0 spiro atoms. The molecule has 2 N–H and O–H groups in total. The smallest absolute Gasteiger partial charge is 0.270 e. The van der Waals surface area contributed by atoms with Gasteiger partial charge in [0.15, 0.2) is 10.7 Å². The Morgan fingerprint density at radius 3 is 2.62 bits per heavy atom. The standard InChI is InChI=1S/C23H17ClN4O5S/c1-2-32-16-7-3-13(4-8-16)22-26-19-11-14(5-10-20(19)33-22)25-23(34)27-21(29)17-9-6-15(28(30)31)12-18(17)24/h3-12H,2H2,1H3,(H2,25,27,29,34). The van der Waals surface area contributed by atoms with E-state index in [1.165, 1.54) is 12.1 Å². The number of nitrogens with zero attached hydrogens (tertiary/aromatic N) is 2. The number of ether oxygens (including phenoxy) is 1. The number of hydrogen-bond donors (Lipinski definition) is 2. The lowest BCUT2D eigenvalue weighted by Crippen LogP contribution is -2.34. The summed E-state index contributed by atoms with van der Waals surface area (Å²) in [5, 5.41) is 16.2. The van der Waals surface area contributed by atoms with E-state index in [1.54, 1.807) is 18.2 Å². The number of thiocarbonyl (C=S) groups is 1. The number of anilines is 1. The third-order valence-corrected chi connectivity index (χ3v) is 5.21. The van der Waals surface area contributed by atoms with Crippen LogP contribution in [0.2, 0.25) is 5.02 Å². The molecule has 34 heavy (non-hydrogen) atoms. The number of rotatable bonds is 6. The summed E-state index contributed by atoms with van der Waals surface area (Å²) in [7, 11) is 0. The number of non-ortho nitro benzene ring substituents is 1.